The molecule has 8 nitrogen and oxygen atoms in total. The number of aromatic nitrogens is 2. The third-order valence-electron chi connectivity index (χ3n) is 7.00. The van der Waals surface area contributed by atoms with Gasteiger partial charge in [-0.3, -0.25) is 19.7 Å². The molecule has 1 saturated carbocycles. The van der Waals surface area contributed by atoms with Crippen molar-refractivity contribution in [2.24, 2.45) is 5.41 Å². The molecule has 0 bridgehead atoms. The van der Waals surface area contributed by atoms with Crippen LogP contribution in [0.5, 0.6) is 0 Å². The van der Waals surface area contributed by atoms with Gasteiger partial charge in [0.15, 0.2) is 0 Å². The maximum Gasteiger partial charge on any atom is 0.304 e. The summed E-state index contributed by atoms with van der Waals surface area (Å²) < 4.78 is 29.6. The van der Waals surface area contributed by atoms with E-state index in [1.54, 1.807) is 0 Å². The van der Waals surface area contributed by atoms with Gasteiger partial charge in [0, 0.05) is 19.1 Å². The van der Waals surface area contributed by atoms with Crippen molar-refractivity contribution in [3.8, 4) is 0 Å². The predicted molar refractivity (Wildman–Crippen MR) is 146 cm³/mol. The molecule has 0 atom stereocenters. The van der Waals surface area contributed by atoms with Gasteiger partial charge in [0.25, 0.3) is 5.91 Å². The number of aliphatic hydroxyl groups excluding tert-OH is 1. The number of aliphatic hydroxyl groups is 1. The second-order valence-electron chi connectivity index (χ2n) is 9.56. The van der Waals surface area contributed by atoms with Gasteiger partial charge in [0.05, 0.1) is 20.8 Å². The lowest BCUT2D eigenvalue weighted by atomic mass is 9.65. The van der Waals surface area contributed by atoms with E-state index in [4.69, 9.17) is 16.7 Å². The van der Waals surface area contributed by atoms with Crippen LogP contribution in [0.15, 0.2) is 61.7 Å². The Balaban J connectivity index is 0.000000648. The van der Waals surface area contributed by atoms with Crippen molar-refractivity contribution < 1.29 is 28.3 Å². The minimum Gasteiger partial charge on any atom is -0.390 e. The molecule has 1 aliphatic carbocycles. The van der Waals surface area contributed by atoms with Gasteiger partial charge in [-0.1, -0.05) is 25.3 Å². The van der Waals surface area contributed by atoms with Gasteiger partial charge in [0.1, 0.15) is 6.61 Å². The van der Waals surface area contributed by atoms with Gasteiger partial charge in [-0.2, -0.15) is 8.78 Å². The standard InChI is InChI=1S/C24H24F2N4O3S.C3H3ClO/c1-2-20(32)29-10-9-23(13-29)11-15(12-23)30-17-6-4-3-5-16(17)27-22(30)28-21(33)18-7-8-19(34-18)24(25,26)14-31;1-2-3(4)5/h2-8,15,31H,1,9-14H2,(H,27,28,33);2H,1H2. The highest BCUT2D eigenvalue weighted by Gasteiger charge is 2.50. The maximum absolute atomic E-state index is 13.8. The fourth-order valence-corrected chi connectivity index (χ4v) is 5.97. The Morgan fingerprint density at radius 3 is 2.54 bits per heavy atom. The predicted octanol–water partition coefficient (Wildman–Crippen LogP) is 5.11. The highest BCUT2D eigenvalue weighted by Crippen LogP contribution is 2.55. The van der Waals surface area contributed by atoms with Crippen LogP contribution < -0.4 is 5.32 Å². The van der Waals surface area contributed by atoms with E-state index in [1.807, 2.05) is 33.7 Å². The summed E-state index contributed by atoms with van der Waals surface area (Å²) >= 11 is 5.35. The highest BCUT2D eigenvalue weighted by atomic mass is 35.5. The monoisotopic (exact) mass is 576 g/mol. The fourth-order valence-electron chi connectivity index (χ4n) is 5.11. The SMILES string of the molecule is C=CC(=O)Cl.C=CC(=O)N1CCC2(CC(n3c(NC(=O)c4ccc(C(F)(F)CO)s4)nc4ccccc43)C2)C1. The maximum atomic E-state index is 13.8. The van der Waals surface area contributed by atoms with Gasteiger partial charge >= 0.3 is 5.92 Å². The smallest absolute Gasteiger partial charge is 0.304 e. The number of hydrogen-bond donors (Lipinski definition) is 2. The van der Waals surface area contributed by atoms with E-state index in [0.29, 0.717) is 30.4 Å². The van der Waals surface area contributed by atoms with Gasteiger partial charge in [-0.05, 0) is 72.7 Å². The summed E-state index contributed by atoms with van der Waals surface area (Å²) in [5.41, 5.74) is 1.66. The Morgan fingerprint density at radius 2 is 1.90 bits per heavy atom. The molecule has 3 heterocycles. The highest BCUT2D eigenvalue weighted by molar-refractivity contribution is 7.14. The molecule has 1 aliphatic heterocycles. The summed E-state index contributed by atoms with van der Waals surface area (Å²) in [6, 6.07) is 10.2. The number of imidazole rings is 1. The Kier molecular flexibility index (Phi) is 8.34. The van der Waals surface area contributed by atoms with Crippen molar-refractivity contribution >= 4 is 57.0 Å². The molecule has 12 heteroatoms. The van der Waals surface area contributed by atoms with Gasteiger partial charge in [0.2, 0.25) is 17.1 Å². The Morgan fingerprint density at radius 1 is 1.21 bits per heavy atom. The van der Waals surface area contributed by atoms with Crippen LogP contribution in [0.2, 0.25) is 0 Å². The summed E-state index contributed by atoms with van der Waals surface area (Å²) in [6.07, 6.45) is 5.01. The number of para-hydroxylation sites is 2. The van der Waals surface area contributed by atoms with Crippen molar-refractivity contribution in [3.63, 3.8) is 0 Å². The number of carbonyl (C=O) groups excluding carboxylic acids is 3. The minimum absolute atomic E-state index is 0.0501. The van der Waals surface area contributed by atoms with Crippen LogP contribution in [0.4, 0.5) is 14.7 Å². The van der Waals surface area contributed by atoms with Gasteiger partial charge in [-0.15, -0.1) is 11.3 Å². The first-order valence-corrected chi connectivity index (χ1v) is 13.3. The third kappa shape index (κ3) is 5.95. The summed E-state index contributed by atoms with van der Waals surface area (Å²) in [6.45, 7) is 6.74. The zero-order chi connectivity index (χ0) is 28.4. The zero-order valence-corrected chi connectivity index (χ0v) is 22.5. The zero-order valence-electron chi connectivity index (χ0n) is 20.9. The number of alkyl halides is 2. The van der Waals surface area contributed by atoms with E-state index in [-0.39, 0.29) is 27.1 Å². The van der Waals surface area contributed by atoms with Crippen LogP contribution in [-0.2, 0) is 15.5 Å². The number of benzene rings is 1. The average Bonchev–Trinajstić information content (AvgIpc) is 3.65. The van der Waals surface area contributed by atoms with Crippen LogP contribution in [-0.4, -0.2) is 56.3 Å². The first-order chi connectivity index (χ1) is 18.5. The van der Waals surface area contributed by atoms with Gasteiger partial charge in [-0.25, -0.2) is 4.98 Å². The molecule has 1 saturated heterocycles. The van der Waals surface area contributed by atoms with Crippen LogP contribution in [0.3, 0.4) is 0 Å². The molecule has 2 aliphatic rings. The number of allylic oxidation sites excluding steroid dienone is 1. The topological polar surface area (TPSA) is 105 Å². The number of nitrogens with one attached hydrogen (secondary N) is 1. The lowest BCUT2D eigenvalue weighted by Crippen LogP contribution is -2.42. The van der Waals surface area contributed by atoms with E-state index in [0.717, 1.165) is 42.4 Å². The van der Waals surface area contributed by atoms with Gasteiger partial charge < -0.3 is 14.6 Å². The van der Waals surface area contributed by atoms with Crippen LogP contribution >= 0.6 is 22.9 Å². The van der Waals surface area contributed by atoms with Crippen molar-refractivity contribution in [2.75, 3.05) is 25.0 Å². The number of rotatable bonds is 7. The molecule has 1 spiro atoms. The molecular formula is C27H27ClF2N4O4S. The Hall–Kier alpha value is -3.41. The molecule has 206 valence electrons. The van der Waals surface area contributed by atoms with Crippen molar-refractivity contribution in [1.29, 1.82) is 0 Å². The Bertz CT molecular complexity index is 1430. The molecule has 2 fully saturated rings. The van der Waals surface area contributed by atoms with E-state index >= 15 is 0 Å². The molecular weight excluding hydrogens is 550 g/mol. The molecule has 1 aromatic carbocycles. The molecule has 0 unspecified atom stereocenters. The molecule has 2 amide bonds. The summed E-state index contributed by atoms with van der Waals surface area (Å²) in [7, 11) is 0. The second kappa shape index (κ2) is 11.4. The van der Waals surface area contributed by atoms with E-state index in [1.165, 1.54) is 12.1 Å². The first kappa shape index (κ1) is 28.6. The van der Waals surface area contributed by atoms with Crippen LogP contribution in [0.1, 0.15) is 39.9 Å². The van der Waals surface area contributed by atoms with E-state index < -0.39 is 23.7 Å². The van der Waals surface area contributed by atoms with Crippen molar-refractivity contribution in [2.45, 2.75) is 31.2 Å². The number of fused-ring (bicyclic) bond motifs is 1. The summed E-state index contributed by atoms with van der Waals surface area (Å²) in [4.78, 5) is 40.5. The van der Waals surface area contributed by atoms with Crippen molar-refractivity contribution in [1.82, 2.24) is 14.5 Å². The summed E-state index contributed by atoms with van der Waals surface area (Å²) in [5, 5.41) is 11.2. The fraction of sp³-hybridized carbons (Fsp3) is 0.333. The third-order valence-corrected chi connectivity index (χ3v) is 8.35. The molecule has 3 aromatic rings. The number of nitrogens with zero attached hydrogens (tertiary/aromatic N) is 3. The van der Waals surface area contributed by atoms with E-state index in [2.05, 4.69) is 23.5 Å². The number of thiophene rings is 1. The normalized spacial score (nSPS) is 20.2. The lowest BCUT2D eigenvalue weighted by molar-refractivity contribution is -0.125. The molecule has 2 aromatic heterocycles. The van der Waals surface area contributed by atoms with Crippen molar-refractivity contribution in [3.05, 3.63) is 71.5 Å². The first-order valence-electron chi connectivity index (χ1n) is 12.1. The number of hydrogen-bond acceptors (Lipinski definition) is 6. The van der Waals surface area contributed by atoms with E-state index in [9.17, 15) is 23.2 Å². The number of halogens is 3. The number of carbonyl (C=O) groups is 3. The summed E-state index contributed by atoms with van der Waals surface area (Å²) in [5.74, 6) is -3.60. The number of likely N-dealkylation sites (tertiary alicyclic amines) is 1. The molecule has 2 N–H and O–H groups in total. The van der Waals surface area contributed by atoms with Crippen LogP contribution in [0.25, 0.3) is 11.0 Å². The largest absolute Gasteiger partial charge is 0.390 e. The van der Waals surface area contributed by atoms with Crippen LogP contribution in [0, 0.1) is 5.41 Å². The Labute approximate surface area is 232 Å². The molecule has 0 radical (unpaired) electrons. The number of anilines is 1. The minimum atomic E-state index is -3.39. The average molecular weight is 577 g/mol. The quantitative estimate of drug-likeness (QED) is 0.300. The lowest BCUT2D eigenvalue weighted by Gasteiger charge is -2.46. The second-order valence-corrected chi connectivity index (χ2v) is 11.0. The molecule has 5 rings (SSSR count). The molecule has 39 heavy (non-hydrogen) atoms. The number of amides is 2.